The van der Waals surface area contributed by atoms with Crippen molar-refractivity contribution in [1.29, 1.82) is 0 Å². The third-order valence-electron chi connectivity index (χ3n) is 4.88. The van der Waals surface area contributed by atoms with Crippen molar-refractivity contribution in [1.82, 2.24) is 20.2 Å². The molecule has 0 aliphatic carbocycles. The second-order valence-corrected chi connectivity index (χ2v) is 7.01. The van der Waals surface area contributed by atoms with E-state index >= 15 is 0 Å². The van der Waals surface area contributed by atoms with E-state index in [1.54, 1.807) is 29.1 Å². The van der Waals surface area contributed by atoms with Crippen molar-refractivity contribution in [3.63, 3.8) is 0 Å². The van der Waals surface area contributed by atoms with E-state index in [9.17, 15) is 9.18 Å². The number of hydrogen-bond acceptors (Lipinski definition) is 4. The number of hydrogen-bond donors (Lipinski definition) is 2. The molecule has 3 aromatic rings. The zero-order chi connectivity index (χ0) is 20.9. The molecule has 7 nitrogen and oxygen atoms in total. The molecule has 0 spiro atoms. The Bertz CT molecular complexity index is 1040. The first kappa shape index (κ1) is 19.8. The first-order valence-electron chi connectivity index (χ1n) is 9.76. The number of amides is 2. The maximum absolute atomic E-state index is 13.7. The summed E-state index contributed by atoms with van der Waals surface area (Å²) in [5.74, 6) is 1.71. The minimum Gasteiger partial charge on any atom is -0.486 e. The highest BCUT2D eigenvalue weighted by atomic mass is 19.1. The van der Waals surface area contributed by atoms with Crippen LogP contribution in [0.1, 0.15) is 23.0 Å². The van der Waals surface area contributed by atoms with Crippen LogP contribution >= 0.6 is 0 Å². The van der Waals surface area contributed by atoms with Gasteiger partial charge in [0.15, 0.2) is 11.5 Å². The van der Waals surface area contributed by atoms with Crippen LogP contribution in [0.5, 0.6) is 11.5 Å². The molecule has 1 aliphatic rings. The first-order valence-corrected chi connectivity index (χ1v) is 9.76. The molecule has 1 aromatic heterocycles. The summed E-state index contributed by atoms with van der Waals surface area (Å²) >= 11 is 0. The highest BCUT2D eigenvalue weighted by Gasteiger charge is 2.21. The van der Waals surface area contributed by atoms with E-state index in [1.807, 2.05) is 25.2 Å². The maximum atomic E-state index is 13.7. The molecule has 0 fully saturated rings. The number of aromatic nitrogens is 2. The number of fused-ring (bicyclic) bond motifs is 1. The summed E-state index contributed by atoms with van der Waals surface area (Å²) in [6.45, 7) is 1.52. The van der Waals surface area contributed by atoms with Gasteiger partial charge in [-0.1, -0.05) is 18.2 Å². The Morgan fingerprint density at radius 1 is 1.20 bits per heavy atom. The predicted molar refractivity (Wildman–Crippen MR) is 109 cm³/mol. The Labute approximate surface area is 173 Å². The summed E-state index contributed by atoms with van der Waals surface area (Å²) < 4.78 is 26.7. The van der Waals surface area contributed by atoms with Crippen LogP contribution in [0, 0.1) is 5.82 Å². The third kappa shape index (κ3) is 4.53. The largest absolute Gasteiger partial charge is 0.486 e. The van der Waals surface area contributed by atoms with Crippen LogP contribution in [0.3, 0.4) is 0 Å². The van der Waals surface area contributed by atoms with Crippen LogP contribution < -0.4 is 20.1 Å². The molecule has 156 valence electrons. The molecule has 30 heavy (non-hydrogen) atoms. The van der Waals surface area contributed by atoms with Crippen LogP contribution in [0.25, 0.3) is 0 Å². The molecule has 0 radical (unpaired) electrons. The van der Waals surface area contributed by atoms with Gasteiger partial charge >= 0.3 is 6.03 Å². The van der Waals surface area contributed by atoms with Crippen LogP contribution in [0.4, 0.5) is 9.18 Å². The first-order chi connectivity index (χ1) is 14.6. The van der Waals surface area contributed by atoms with Gasteiger partial charge in [0, 0.05) is 26.0 Å². The van der Waals surface area contributed by atoms with Gasteiger partial charge in [-0.05, 0) is 41.8 Å². The number of ether oxygens (including phenoxy) is 2. The average molecular weight is 410 g/mol. The van der Waals surface area contributed by atoms with E-state index in [1.165, 1.54) is 12.1 Å². The number of imidazole rings is 1. The van der Waals surface area contributed by atoms with Gasteiger partial charge in [-0.2, -0.15) is 0 Å². The quantitative estimate of drug-likeness (QED) is 0.655. The fourth-order valence-corrected chi connectivity index (χ4v) is 3.38. The van der Waals surface area contributed by atoms with E-state index in [0.717, 1.165) is 17.1 Å². The summed E-state index contributed by atoms with van der Waals surface area (Å²) in [5.41, 5.74) is 1.65. The lowest BCUT2D eigenvalue weighted by molar-refractivity contribution is 0.171. The van der Waals surface area contributed by atoms with Gasteiger partial charge < -0.3 is 24.7 Å². The highest BCUT2D eigenvalue weighted by molar-refractivity contribution is 5.74. The molecular formula is C22H23FN4O3. The summed E-state index contributed by atoms with van der Waals surface area (Å²) in [5, 5.41) is 5.75. The van der Waals surface area contributed by atoms with Crippen molar-refractivity contribution in [3.05, 3.63) is 77.6 Å². The average Bonchev–Trinajstić information content (AvgIpc) is 3.17. The number of rotatable bonds is 6. The molecule has 2 heterocycles. The lowest BCUT2D eigenvalue weighted by Gasteiger charge is -2.20. The maximum Gasteiger partial charge on any atom is 0.315 e. The minimum atomic E-state index is -0.574. The highest BCUT2D eigenvalue weighted by Crippen LogP contribution is 2.30. The number of aryl methyl sites for hydroxylation is 1. The second-order valence-electron chi connectivity index (χ2n) is 7.01. The van der Waals surface area contributed by atoms with Crippen molar-refractivity contribution in [3.8, 4) is 11.5 Å². The smallest absolute Gasteiger partial charge is 0.315 e. The summed E-state index contributed by atoms with van der Waals surface area (Å²) in [6.07, 6.45) is 4.06. The zero-order valence-corrected chi connectivity index (χ0v) is 16.6. The molecule has 1 aliphatic heterocycles. The number of carbonyl (C=O) groups is 1. The molecule has 4 rings (SSSR count). The Hall–Kier alpha value is -3.55. The minimum absolute atomic E-state index is 0.357. The standard InChI is InChI=1S/C22H23FN4O3/c1-27-10-9-24-21(27)20(16-3-2-4-17(23)14-16)26-22(28)25-8-7-15-5-6-18-19(13-15)30-12-11-29-18/h2-6,9-10,13-14,20H,7-8,11-12H2,1H3,(H2,25,26,28)/t20-/m0/s1. The van der Waals surface area contributed by atoms with Crippen LogP contribution in [-0.2, 0) is 13.5 Å². The number of nitrogens with one attached hydrogen (secondary N) is 2. The molecule has 2 amide bonds. The third-order valence-corrected chi connectivity index (χ3v) is 4.88. The van der Waals surface area contributed by atoms with E-state index in [0.29, 0.717) is 37.6 Å². The van der Waals surface area contributed by atoms with E-state index in [2.05, 4.69) is 15.6 Å². The molecule has 0 saturated heterocycles. The van der Waals surface area contributed by atoms with Crippen LogP contribution in [0.15, 0.2) is 54.9 Å². The van der Waals surface area contributed by atoms with Crippen LogP contribution in [0.2, 0.25) is 0 Å². The van der Waals surface area contributed by atoms with Gasteiger partial charge in [-0.3, -0.25) is 0 Å². The molecular weight excluding hydrogens is 387 g/mol. The monoisotopic (exact) mass is 410 g/mol. The SMILES string of the molecule is Cn1ccnc1[C@@H](NC(=O)NCCc1ccc2c(c1)OCCO2)c1cccc(F)c1. The van der Waals surface area contributed by atoms with Gasteiger partial charge in [0.05, 0.1) is 0 Å². The normalized spacial score (nSPS) is 13.5. The molecule has 1 atom stereocenters. The predicted octanol–water partition coefficient (Wildman–Crippen LogP) is 2.96. The molecule has 0 bridgehead atoms. The number of benzene rings is 2. The number of urea groups is 1. The topological polar surface area (TPSA) is 77.4 Å². The van der Waals surface area contributed by atoms with Gasteiger partial charge in [0.25, 0.3) is 0 Å². The summed E-state index contributed by atoms with van der Waals surface area (Å²) in [7, 11) is 1.83. The lowest BCUT2D eigenvalue weighted by Crippen LogP contribution is -2.40. The molecule has 2 aromatic carbocycles. The Morgan fingerprint density at radius 2 is 2.03 bits per heavy atom. The van der Waals surface area contributed by atoms with Crippen molar-refractivity contribution < 1.29 is 18.7 Å². The molecule has 2 N–H and O–H groups in total. The van der Waals surface area contributed by atoms with Gasteiger partial charge in [0.2, 0.25) is 0 Å². The Kier molecular flexibility index (Phi) is 5.83. The Morgan fingerprint density at radius 3 is 2.80 bits per heavy atom. The van der Waals surface area contributed by atoms with Gasteiger partial charge in [0.1, 0.15) is 30.9 Å². The van der Waals surface area contributed by atoms with E-state index in [4.69, 9.17) is 9.47 Å². The fourth-order valence-electron chi connectivity index (χ4n) is 3.38. The number of nitrogens with zero attached hydrogens (tertiary/aromatic N) is 2. The van der Waals surface area contributed by atoms with Gasteiger partial charge in [-0.15, -0.1) is 0 Å². The van der Waals surface area contributed by atoms with Crippen molar-refractivity contribution in [2.24, 2.45) is 7.05 Å². The fraction of sp³-hybridized carbons (Fsp3) is 0.273. The van der Waals surface area contributed by atoms with Crippen molar-refractivity contribution in [2.75, 3.05) is 19.8 Å². The molecule has 8 heteroatoms. The lowest BCUT2D eigenvalue weighted by atomic mass is 10.1. The van der Waals surface area contributed by atoms with Crippen molar-refractivity contribution >= 4 is 6.03 Å². The van der Waals surface area contributed by atoms with E-state index < -0.39 is 6.04 Å². The summed E-state index contributed by atoms with van der Waals surface area (Å²) in [6, 6.07) is 11.0. The zero-order valence-electron chi connectivity index (χ0n) is 16.6. The summed E-state index contributed by atoms with van der Waals surface area (Å²) in [4.78, 5) is 16.9. The Balaban J connectivity index is 1.39. The van der Waals surface area contributed by atoms with E-state index in [-0.39, 0.29) is 11.8 Å². The number of carbonyl (C=O) groups excluding carboxylic acids is 1. The molecule has 0 unspecified atom stereocenters. The van der Waals surface area contributed by atoms with Gasteiger partial charge in [-0.25, -0.2) is 14.2 Å². The molecule has 0 saturated carbocycles. The number of halogens is 1. The van der Waals surface area contributed by atoms with Crippen LogP contribution in [-0.4, -0.2) is 35.3 Å². The second kappa shape index (κ2) is 8.86. The van der Waals surface area contributed by atoms with Crippen molar-refractivity contribution in [2.45, 2.75) is 12.5 Å².